The highest BCUT2D eigenvalue weighted by molar-refractivity contribution is 6.39. The van der Waals surface area contributed by atoms with E-state index in [0.29, 0.717) is 46.9 Å². The molecule has 3 aromatic carbocycles. The molecule has 0 unspecified atom stereocenters. The zero-order valence-electron chi connectivity index (χ0n) is 19.4. The lowest BCUT2D eigenvalue weighted by Crippen LogP contribution is -2.49. The highest BCUT2D eigenvalue weighted by atomic mass is 35.5. The molecular formula is C27H27Cl3N2O3. The standard InChI is InChI=1S/C27H27Cl3N2O3/c1-34-22-8-3-6-20(16-22)25(35-18-19-5-2-7-21(28)15-19)17-31-11-13-32(14-12-31)27(33)26-23(29)9-4-10-24(26)30/h2-10,15-16,25H,11-14,17-18H2,1H3/t25-/m0/s1. The Hall–Kier alpha value is -2.28. The van der Waals surface area contributed by atoms with Crippen LogP contribution in [0.5, 0.6) is 5.75 Å². The van der Waals surface area contributed by atoms with Gasteiger partial charge in [0.05, 0.1) is 35.4 Å². The summed E-state index contributed by atoms with van der Waals surface area (Å²) in [6.07, 6.45) is -0.177. The molecule has 0 radical (unpaired) electrons. The van der Waals surface area contributed by atoms with Crippen molar-refractivity contribution in [2.24, 2.45) is 0 Å². The highest BCUT2D eigenvalue weighted by Crippen LogP contribution is 2.28. The van der Waals surface area contributed by atoms with Crippen molar-refractivity contribution in [1.29, 1.82) is 0 Å². The summed E-state index contributed by atoms with van der Waals surface area (Å²) in [6.45, 7) is 3.72. The number of methoxy groups -OCH3 is 1. The van der Waals surface area contributed by atoms with Gasteiger partial charge < -0.3 is 14.4 Å². The van der Waals surface area contributed by atoms with Crippen molar-refractivity contribution in [3.05, 3.63) is 98.5 Å². The van der Waals surface area contributed by atoms with Gasteiger partial charge in [-0.3, -0.25) is 9.69 Å². The number of ether oxygens (including phenoxy) is 2. The van der Waals surface area contributed by atoms with Gasteiger partial charge in [0.15, 0.2) is 0 Å². The van der Waals surface area contributed by atoms with Gasteiger partial charge in [-0.1, -0.05) is 65.1 Å². The number of carbonyl (C=O) groups is 1. The topological polar surface area (TPSA) is 42.0 Å². The van der Waals surface area contributed by atoms with Crippen LogP contribution in [-0.4, -0.2) is 55.5 Å². The largest absolute Gasteiger partial charge is 0.497 e. The Kier molecular flexibility index (Phi) is 8.93. The van der Waals surface area contributed by atoms with Crippen molar-refractivity contribution in [1.82, 2.24) is 9.80 Å². The monoisotopic (exact) mass is 532 g/mol. The number of hydrogen-bond donors (Lipinski definition) is 0. The van der Waals surface area contributed by atoms with Crippen molar-refractivity contribution < 1.29 is 14.3 Å². The summed E-state index contributed by atoms with van der Waals surface area (Å²) in [5.74, 6) is 0.646. The minimum atomic E-state index is -0.177. The number of halogens is 3. The second kappa shape index (κ2) is 12.1. The van der Waals surface area contributed by atoms with E-state index in [4.69, 9.17) is 44.3 Å². The summed E-state index contributed by atoms with van der Waals surface area (Å²) >= 11 is 18.6. The van der Waals surface area contributed by atoms with Gasteiger partial charge in [0, 0.05) is 37.7 Å². The van der Waals surface area contributed by atoms with Crippen LogP contribution in [0.3, 0.4) is 0 Å². The van der Waals surface area contributed by atoms with E-state index in [1.807, 2.05) is 48.5 Å². The summed E-state index contributed by atoms with van der Waals surface area (Å²) in [5.41, 5.74) is 2.41. The van der Waals surface area contributed by atoms with E-state index in [-0.39, 0.29) is 12.0 Å². The van der Waals surface area contributed by atoms with E-state index in [1.165, 1.54) is 0 Å². The average molecular weight is 534 g/mol. The van der Waals surface area contributed by atoms with Crippen molar-refractivity contribution in [2.45, 2.75) is 12.7 Å². The molecule has 0 N–H and O–H groups in total. The average Bonchev–Trinajstić information content (AvgIpc) is 2.87. The molecule has 0 saturated carbocycles. The molecule has 0 aliphatic carbocycles. The lowest BCUT2D eigenvalue weighted by atomic mass is 10.1. The van der Waals surface area contributed by atoms with Crippen LogP contribution in [0.4, 0.5) is 0 Å². The van der Waals surface area contributed by atoms with E-state index in [9.17, 15) is 4.79 Å². The minimum Gasteiger partial charge on any atom is -0.497 e. The first-order valence-corrected chi connectivity index (χ1v) is 12.5. The zero-order chi connectivity index (χ0) is 24.8. The second-order valence-electron chi connectivity index (χ2n) is 8.40. The molecule has 1 aliphatic heterocycles. The highest BCUT2D eigenvalue weighted by Gasteiger charge is 2.27. The van der Waals surface area contributed by atoms with Crippen LogP contribution in [0.1, 0.15) is 27.6 Å². The van der Waals surface area contributed by atoms with Crippen LogP contribution in [0, 0.1) is 0 Å². The molecular weight excluding hydrogens is 507 g/mol. The Morgan fingerprint density at radius 1 is 0.914 bits per heavy atom. The van der Waals surface area contributed by atoms with Crippen LogP contribution >= 0.6 is 34.8 Å². The van der Waals surface area contributed by atoms with E-state index in [1.54, 1.807) is 30.2 Å². The Morgan fingerprint density at radius 3 is 2.29 bits per heavy atom. The normalized spacial score (nSPS) is 15.1. The molecule has 5 nitrogen and oxygen atoms in total. The maximum Gasteiger partial charge on any atom is 0.256 e. The van der Waals surface area contributed by atoms with Gasteiger partial charge in [0.2, 0.25) is 0 Å². The van der Waals surface area contributed by atoms with Crippen molar-refractivity contribution in [2.75, 3.05) is 39.8 Å². The third-order valence-corrected chi connectivity index (χ3v) is 6.93. The number of piperazine rings is 1. The van der Waals surface area contributed by atoms with E-state index in [2.05, 4.69) is 4.90 Å². The molecule has 0 aromatic heterocycles. The van der Waals surface area contributed by atoms with Crippen LogP contribution in [0.15, 0.2) is 66.7 Å². The van der Waals surface area contributed by atoms with Crippen LogP contribution in [0.2, 0.25) is 15.1 Å². The molecule has 0 bridgehead atoms. The number of amides is 1. The van der Waals surface area contributed by atoms with Gasteiger partial charge in [0.25, 0.3) is 5.91 Å². The molecule has 8 heteroatoms. The predicted octanol–water partition coefficient (Wildman–Crippen LogP) is 6.37. The van der Waals surface area contributed by atoms with Gasteiger partial charge >= 0.3 is 0 Å². The molecule has 3 aromatic rings. The van der Waals surface area contributed by atoms with Gasteiger partial charge in [-0.2, -0.15) is 0 Å². The maximum atomic E-state index is 13.0. The number of nitrogens with zero attached hydrogens (tertiary/aromatic N) is 2. The predicted molar refractivity (Wildman–Crippen MR) is 141 cm³/mol. The molecule has 1 aliphatic rings. The van der Waals surface area contributed by atoms with Crippen molar-refractivity contribution >= 4 is 40.7 Å². The molecule has 184 valence electrons. The summed E-state index contributed by atoms with van der Waals surface area (Å²) in [5, 5.41) is 1.43. The Labute approximate surface area is 221 Å². The minimum absolute atomic E-state index is 0.137. The third-order valence-electron chi connectivity index (χ3n) is 6.07. The molecule has 1 saturated heterocycles. The fraction of sp³-hybridized carbons (Fsp3) is 0.296. The molecule has 1 atom stereocenters. The van der Waals surface area contributed by atoms with Gasteiger partial charge in [0.1, 0.15) is 5.75 Å². The summed E-state index contributed by atoms with van der Waals surface area (Å²) in [6, 6.07) is 20.7. The molecule has 4 rings (SSSR count). The quantitative estimate of drug-likeness (QED) is 0.337. The Balaban J connectivity index is 1.43. The van der Waals surface area contributed by atoms with E-state index >= 15 is 0 Å². The Bertz CT molecular complexity index is 1150. The zero-order valence-corrected chi connectivity index (χ0v) is 21.7. The number of carbonyl (C=O) groups excluding carboxylic acids is 1. The first-order valence-electron chi connectivity index (χ1n) is 11.4. The van der Waals surface area contributed by atoms with Gasteiger partial charge in [-0.15, -0.1) is 0 Å². The van der Waals surface area contributed by atoms with Crippen LogP contribution in [-0.2, 0) is 11.3 Å². The second-order valence-corrected chi connectivity index (χ2v) is 9.65. The maximum absolute atomic E-state index is 13.0. The first-order chi connectivity index (χ1) is 16.9. The summed E-state index contributed by atoms with van der Waals surface area (Å²) in [7, 11) is 1.66. The Morgan fingerprint density at radius 2 is 1.60 bits per heavy atom. The molecule has 35 heavy (non-hydrogen) atoms. The molecule has 1 fully saturated rings. The SMILES string of the molecule is COc1cccc([C@H](CN2CCN(C(=O)c3c(Cl)cccc3Cl)CC2)OCc2cccc(Cl)c2)c1. The first kappa shape index (κ1) is 25.8. The van der Waals surface area contributed by atoms with E-state index < -0.39 is 0 Å². The third kappa shape index (κ3) is 6.69. The fourth-order valence-electron chi connectivity index (χ4n) is 4.15. The van der Waals surface area contributed by atoms with Crippen LogP contribution < -0.4 is 4.74 Å². The fourth-order valence-corrected chi connectivity index (χ4v) is 4.92. The molecule has 1 amide bonds. The lowest BCUT2D eigenvalue weighted by molar-refractivity contribution is 0.00334. The van der Waals surface area contributed by atoms with Gasteiger partial charge in [-0.25, -0.2) is 0 Å². The van der Waals surface area contributed by atoms with Crippen LogP contribution in [0.25, 0.3) is 0 Å². The summed E-state index contributed by atoms with van der Waals surface area (Å²) in [4.78, 5) is 17.1. The van der Waals surface area contributed by atoms with E-state index in [0.717, 1.165) is 30.0 Å². The van der Waals surface area contributed by atoms with Crippen molar-refractivity contribution in [3.63, 3.8) is 0 Å². The number of rotatable bonds is 8. The number of benzene rings is 3. The molecule has 0 spiro atoms. The number of hydrogen-bond acceptors (Lipinski definition) is 4. The summed E-state index contributed by atoms with van der Waals surface area (Å²) < 4.78 is 11.8. The smallest absolute Gasteiger partial charge is 0.256 e. The van der Waals surface area contributed by atoms with Gasteiger partial charge in [-0.05, 0) is 47.5 Å². The van der Waals surface area contributed by atoms with Crippen molar-refractivity contribution in [3.8, 4) is 5.75 Å². The lowest BCUT2D eigenvalue weighted by Gasteiger charge is -2.36. The molecule has 1 heterocycles.